The van der Waals surface area contributed by atoms with Crippen molar-refractivity contribution in [2.75, 3.05) is 24.5 Å². The lowest BCUT2D eigenvalue weighted by molar-refractivity contribution is -0.118. The number of benzene rings is 2. The van der Waals surface area contributed by atoms with Gasteiger partial charge in [0.1, 0.15) is 23.3 Å². The molecule has 140 valence electrons. The zero-order valence-corrected chi connectivity index (χ0v) is 15.4. The molecule has 7 heteroatoms. The molecule has 1 amide bonds. The molecular formula is C20H21N3O4. The van der Waals surface area contributed by atoms with Gasteiger partial charge in [0.25, 0.3) is 5.91 Å². The third-order valence-electron chi connectivity index (χ3n) is 4.32. The molecule has 2 aromatic rings. The standard InChI is InChI=1S/C20H21N3O4/c1-13(24)18-12-17(22-23(18)14-7-5-4-6-8-14)20(25)21-16-11-15(26-2)9-10-19(16)27-3/h4-11,18H,12H2,1-3H3,(H,21,25). The van der Waals surface area contributed by atoms with Crippen LogP contribution < -0.4 is 19.8 Å². The molecule has 0 aromatic heterocycles. The van der Waals surface area contributed by atoms with Crippen molar-refractivity contribution in [3.63, 3.8) is 0 Å². The van der Waals surface area contributed by atoms with Gasteiger partial charge in [-0.3, -0.25) is 14.6 Å². The molecule has 27 heavy (non-hydrogen) atoms. The van der Waals surface area contributed by atoms with Crippen molar-refractivity contribution in [1.29, 1.82) is 0 Å². The van der Waals surface area contributed by atoms with E-state index in [0.717, 1.165) is 5.69 Å². The van der Waals surface area contributed by atoms with Crippen molar-refractivity contribution in [2.24, 2.45) is 5.10 Å². The molecule has 1 unspecified atom stereocenters. The average molecular weight is 367 g/mol. The number of hydrazone groups is 1. The first-order valence-corrected chi connectivity index (χ1v) is 8.49. The van der Waals surface area contributed by atoms with Crippen LogP contribution in [0.1, 0.15) is 13.3 Å². The summed E-state index contributed by atoms with van der Waals surface area (Å²) in [5.74, 6) is 0.661. The molecule has 0 bridgehead atoms. The van der Waals surface area contributed by atoms with Crippen LogP contribution in [0.4, 0.5) is 11.4 Å². The first kappa shape index (κ1) is 18.4. The van der Waals surface area contributed by atoms with Gasteiger partial charge in [0.15, 0.2) is 5.78 Å². The first-order valence-electron chi connectivity index (χ1n) is 8.49. The van der Waals surface area contributed by atoms with Crippen LogP contribution in [0.5, 0.6) is 11.5 Å². The van der Waals surface area contributed by atoms with Crippen molar-refractivity contribution in [1.82, 2.24) is 0 Å². The largest absolute Gasteiger partial charge is 0.497 e. The number of ketones is 1. The Balaban J connectivity index is 1.86. The van der Waals surface area contributed by atoms with Crippen LogP contribution in [0.2, 0.25) is 0 Å². The van der Waals surface area contributed by atoms with Gasteiger partial charge in [0.2, 0.25) is 0 Å². The van der Waals surface area contributed by atoms with Crippen molar-refractivity contribution < 1.29 is 19.1 Å². The van der Waals surface area contributed by atoms with Gasteiger partial charge in [0, 0.05) is 12.5 Å². The maximum Gasteiger partial charge on any atom is 0.272 e. The Bertz CT molecular complexity index is 880. The summed E-state index contributed by atoms with van der Waals surface area (Å²) in [5.41, 5.74) is 1.52. The Hall–Kier alpha value is -3.35. The lowest BCUT2D eigenvalue weighted by atomic mass is 10.1. The highest BCUT2D eigenvalue weighted by Gasteiger charge is 2.34. The van der Waals surface area contributed by atoms with Crippen LogP contribution in [-0.4, -0.2) is 37.7 Å². The number of nitrogens with zero attached hydrogens (tertiary/aromatic N) is 2. The fourth-order valence-electron chi connectivity index (χ4n) is 2.89. The minimum absolute atomic E-state index is 0.0515. The van der Waals surface area contributed by atoms with E-state index in [1.165, 1.54) is 14.0 Å². The molecule has 2 aromatic carbocycles. The topological polar surface area (TPSA) is 80.2 Å². The van der Waals surface area contributed by atoms with E-state index >= 15 is 0 Å². The molecule has 1 aliphatic heterocycles. The Labute approximate surface area is 157 Å². The highest BCUT2D eigenvalue weighted by atomic mass is 16.5. The van der Waals surface area contributed by atoms with Crippen molar-refractivity contribution >= 4 is 28.8 Å². The van der Waals surface area contributed by atoms with Gasteiger partial charge in [-0.1, -0.05) is 18.2 Å². The number of nitrogens with one attached hydrogen (secondary N) is 1. The summed E-state index contributed by atoms with van der Waals surface area (Å²) in [6.45, 7) is 1.50. The number of amides is 1. The molecule has 0 radical (unpaired) electrons. The minimum atomic E-state index is -0.500. The smallest absolute Gasteiger partial charge is 0.272 e. The quantitative estimate of drug-likeness (QED) is 0.849. The zero-order valence-electron chi connectivity index (χ0n) is 15.4. The van der Waals surface area contributed by atoms with Gasteiger partial charge < -0.3 is 14.8 Å². The van der Waals surface area contributed by atoms with E-state index in [4.69, 9.17) is 9.47 Å². The van der Waals surface area contributed by atoms with E-state index in [1.54, 1.807) is 30.3 Å². The average Bonchev–Trinajstić information content (AvgIpc) is 3.14. The Morgan fingerprint density at radius 3 is 2.48 bits per heavy atom. The molecule has 0 aliphatic carbocycles. The molecule has 7 nitrogen and oxygen atoms in total. The predicted molar refractivity (Wildman–Crippen MR) is 104 cm³/mol. The molecule has 0 spiro atoms. The summed E-state index contributed by atoms with van der Waals surface area (Å²) in [5, 5.41) is 8.79. The summed E-state index contributed by atoms with van der Waals surface area (Å²) in [6.07, 6.45) is 0.238. The van der Waals surface area contributed by atoms with E-state index in [9.17, 15) is 9.59 Å². The van der Waals surface area contributed by atoms with Crippen molar-refractivity contribution in [3.8, 4) is 11.5 Å². The summed E-state index contributed by atoms with van der Waals surface area (Å²) in [7, 11) is 3.07. The van der Waals surface area contributed by atoms with E-state index in [0.29, 0.717) is 17.2 Å². The fourth-order valence-corrected chi connectivity index (χ4v) is 2.89. The van der Waals surface area contributed by atoms with E-state index in [2.05, 4.69) is 10.4 Å². The Morgan fingerprint density at radius 1 is 1.11 bits per heavy atom. The van der Waals surface area contributed by atoms with Gasteiger partial charge in [0.05, 0.1) is 25.6 Å². The molecule has 1 heterocycles. The number of hydrogen-bond acceptors (Lipinski definition) is 6. The maximum absolute atomic E-state index is 12.8. The lowest BCUT2D eigenvalue weighted by Crippen LogP contribution is -2.33. The van der Waals surface area contributed by atoms with Crippen LogP contribution in [0.3, 0.4) is 0 Å². The molecule has 1 aliphatic rings. The monoisotopic (exact) mass is 367 g/mol. The molecule has 1 atom stereocenters. The molecule has 1 N–H and O–H groups in total. The second-order valence-electron chi connectivity index (χ2n) is 6.08. The van der Waals surface area contributed by atoms with Crippen molar-refractivity contribution in [2.45, 2.75) is 19.4 Å². The Morgan fingerprint density at radius 2 is 1.85 bits per heavy atom. The number of Topliss-reactive ketones (excluding diaryl/α,β-unsaturated/α-hetero) is 1. The number of anilines is 2. The number of hydrogen-bond donors (Lipinski definition) is 1. The highest BCUT2D eigenvalue weighted by Crippen LogP contribution is 2.30. The maximum atomic E-state index is 12.8. The van der Waals surface area contributed by atoms with Gasteiger partial charge >= 0.3 is 0 Å². The summed E-state index contributed by atoms with van der Waals surface area (Å²) >= 11 is 0. The fraction of sp³-hybridized carbons (Fsp3) is 0.250. The van der Waals surface area contributed by atoms with Crippen LogP contribution in [0, 0.1) is 0 Å². The van der Waals surface area contributed by atoms with Crippen LogP contribution in [-0.2, 0) is 9.59 Å². The first-order chi connectivity index (χ1) is 13.0. The number of methoxy groups -OCH3 is 2. The highest BCUT2D eigenvalue weighted by molar-refractivity contribution is 6.44. The van der Waals surface area contributed by atoms with Gasteiger partial charge in [-0.2, -0.15) is 5.10 Å². The van der Waals surface area contributed by atoms with Crippen LogP contribution in [0.25, 0.3) is 0 Å². The number of ether oxygens (including phenoxy) is 2. The molecule has 3 rings (SSSR count). The summed E-state index contributed by atoms with van der Waals surface area (Å²) in [6, 6.07) is 13.9. The van der Waals surface area contributed by atoms with Gasteiger partial charge in [-0.05, 0) is 31.2 Å². The third kappa shape index (κ3) is 3.92. The third-order valence-corrected chi connectivity index (χ3v) is 4.32. The van der Waals surface area contributed by atoms with E-state index in [1.807, 2.05) is 30.3 Å². The van der Waals surface area contributed by atoms with Crippen LogP contribution >= 0.6 is 0 Å². The Kier molecular flexibility index (Phi) is 5.40. The number of carbonyl (C=O) groups is 2. The minimum Gasteiger partial charge on any atom is -0.497 e. The molecular weight excluding hydrogens is 346 g/mol. The number of rotatable bonds is 6. The van der Waals surface area contributed by atoms with Crippen LogP contribution in [0.15, 0.2) is 53.6 Å². The molecule has 0 saturated carbocycles. The van der Waals surface area contributed by atoms with E-state index < -0.39 is 6.04 Å². The second-order valence-corrected chi connectivity index (χ2v) is 6.08. The zero-order chi connectivity index (χ0) is 19.4. The van der Waals surface area contributed by atoms with Gasteiger partial charge in [-0.15, -0.1) is 0 Å². The number of para-hydroxylation sites is 1. The van der Waals surface area contributed by atoms with Crippen molar-refractivity contribution in [3.05, 3.63) is 48.5 Å². The predicted octanol–water partition coefficient (Wildman–Crippen LogP) is 2.87. The number of carbonyl (C=O) groups excluding carboxylic acids is 2. The molecule has 0 fully saturated rings. The van der Waals surface area contributed by atoms with Gasteiger partial charge in [-0.25, -0.2) is 0 Å². The summed E-state index contributed by atoms with van der Waals surface area (Å²) < 4.78 is 10.5. The normalized spacial score (nSPS) is 15.9. The lowest BCUT2D eigenvalue weighted by Gasteiger charge is -2.20. The SMILES string of the molecule is COc1ccc(OC)c(NC(=O)C2=NN(c3ccccc3)C(C(C)=O)C2)c1. The molecule has 0 saturated heterocycles. The summed E-state index contributed by atoms with van der Waals surface area (Å²) in [4.78, 5) is 24.8. The van der Waals surface area contributed by atoms with E-state index in [-0.39, 0.29) is 23.8 Å². The second kappa shape index (κ2) is 7.90.